The van der Waals surface area contributed by atoms with Crippen molar-refractivity contribution < 1.29 is 0 Å². The average molecular weight is 163 g/mol. The molecule has 66 valence electrons. The Hall–Kier alpha value is -0.820. The molecule has 0 atom stereocenters. The minimum Gasteiger partial charge on any atom is -0.305 e. The molecule has 0 saturated heterocycles. The normalized spacial score (nSPS) is 16.4. The van der Waals surface area contributed by atoms with Crippen molar-refractivity contribution in [3.05, 3.63) is 36.0 Å². The zero-order chi connectivity index (χ0) is 8.97. The Morgan fingerprint density at radius 3 is 2.75 bits per heavy atom. The summed E-state index contributed by atoms with van der Waals surface area (Å²) in [5.74, 6) is 0. The number of rotatable bonds is 3. The molecule has 0 aromatic rings. The van der Waals surface area contributed by atoms with Crippen LogP contribution in [-0.4, -0.2) is 25.5 Å². The highest BCUT2D eigenvalue weighted by molar-refractivity contribution is 5.40. The Balaban J connectivity index is 2.52. The van der Waals surface area contributed by atoms with Crippen molar-refractivity contribution in [2.75, 3.05) is 20.6 Å². The lowest BCUT2D eigenvalue weighted by atomic mass is 10.0. The van der Waals surface area contributed by atoms with E-state index in [0.717, 1.165) is 13.0 Å². The van der Waals surface area contributed by atoms with Crippen molar-refractivity contribution >= 4 is 0 Å². The summed E-state index contributed by atoms with van der Waals surface area (Å²) in [5.41, 5.74) is 2.53. The SMILES string of the molecule is C=C(CN(C)C)C1=CCCC=C1. The van der Waals surface area contributed by atoms with E-state index in [-0.39, 0.29) is 0 Å². The number of allylic oxidation sites excluding steroid dienone is 3. The van der Waals surface area contributed by atoms with Crippen LogP contribution in [0.5, 0.6) is 0 Å². The molecule has 1 aliphatic rings. The zero-order valence-corrected chi connectivity index (χ0v) is 8.01. The second-order valence-electron chi connectivity index (χ2n) is 3.48. The van der Waals surface area contributed by atoms with Gasteiger partial charge in [0.25, 0.3) is 0 Å². The summed E-state index contributed by atoms with van der Waals surface area (Å²) in [7, 11) is 4.14. The molecule has 0 unspecified atom stereocenters. The number of hydrogen-bond donors (Lipinski definition) is 0. The van der Waals surface area contributed by atoms with E-state index in [9.17, 15) is 0 Å². The van der Waals surface area contributed by atoms with Crippen molar-refractivity contribution in [3.8, 4) is 0 Å². The van der Waals surface area contributed by atoms with E-state index in [4.69, 9.17) is 0 Å². The van der Waals surface area contributed by atoms with Gasteiger partial charge in [0.1, 0.15) is 0 Å². The summed E-state index contributed by atoms with van der Waals surface area (Å²) >= 11 is 0. The van der Waals surface area contributed by atoms with Crippen LogP contribution in [0.2, 0.25) is 0 Å². The fraction of sp³-hybridized carbons (Fsp3) is 0.455. The predicted molar refractivity (Wildman–Crippen MR) is 54.2 cm³/mol. The van der Waals surface area contributed by atoms with Gasteiger partial charge in [0.05, 0.1) is 0 Å². The van der Waals surface area contributed by atoms with Crippen LogP contribution in [0, 0.1) is 0 Å². The van der Waals surface area contributed by atoms with Crippen LogP contribution in [0.15, 0.2) is 36.0 Å². The van der Waals surface area contributed by atoms with Crippen LogP contribution in [0.25, 0.3) is 0 Å². The molecule has 0 heterocycles. The fourth-order valence-electron chi connectivity index (χ4n) is 1.35. The molecule has 0 spiro atoms. The topological polar surface area (TPSA) is 3.24 Å². The van der Waals surface area contributed by atoms with Gasteiger partial charge in [0.2, 0.25) is 0 Å². The monoisotopic (exact) mass is 163 g/mol. The van der Waals surface area contributed by atoms with Crippen LogP contribution >= 0.6 is 0 Å². The van der Waals surface area contributed by atoms with Crippen LogP contribution < -0.4 is 0 Å². The maximum absolute atomic E-state index is 4.06. The number of hydrogen-bond acceptors (Lipinski definition) is 1. The average Bonchev–Trinajstić information content (AvgIpc) is 2.05. The molecule has 0 fully saturated rings. The Bertz CT molecular complexity index is 221. The maximum Gasteiger partial charge on any atom is 0.0227 e. The molecule has 0 amide bonds. The lowest BCUT2D eigenvalue weighted by Gasteiger charge is -2.14. The van der Waals surface area contributed by atoms with Gasteiger partial charge in [-0.1, -0.05) is 24.8 Å². The zero-order valence-electron chi connectivity index (χ0n) is 8.01. The Morgan fingerprint density at radius 1 is 1.50 bits per heavy atom. The van der Waals surface area contributed by atoms with Crippen LogP contribution in [-0.2, 0) is 0 Å². The second kappa shape index (κ2) is 4.27. The van der Waals surface area contributed by atoms with E-state index in [1.54, 1.807) is 0 Å². The van der Waals surface area contributed by atoms with E-state index in [2.05, 4.69) is 43.8 Å². The Labute approximate surface area is 75.1 Å². The van der Waals surface area contributed by atoms with Crippen molar-refractivity contribution in [1.29, 1.82) is 0 Å². The standard InChI is InChI=1S/C11H17N/c1-10(9-12(2)3)11-7-5-4-6-8-11/h5,7-8H,1,4,6,9H2,2-3H3. The van der Waals surface area contributed by atoms with E-state index < -0.39 is 0 Å². The molecular weight excluding hydrogens is 146 g/mol. The van der Waals surface area contributed by atoms with E-state index in [1.807, 2.05) is 0 Å². The van der Waals surface area contributed by atoms with Crippen molar-refractivity contribution in [1.82, 2.24) is 4.90 Å². The van der Waals surface area contributed by atoms with Gasteiger partial charge in [-0.05, 0) is 38.1 Å². The number of nitrogens with zero attached hydrogens (tertiary/aromatic N) is 1. The minimum absolute atomic E-state index is 0.955. The minimum atomic E-state index is 0.955. The first-order valence-corrected chi connectivity index (χ1v) is 4.39. The maximum atomic E-state index is 4.06. The van der Waals surface area contributed by atoms with Gasteiger partial charge in [-0.25, -0.2) is 0 Å². The van der Waals surface area contributed by atoms with Gasteiger partial charge in [0.15, 0.2) is 0 Å². The van der Waals surface area contributed by atoms with Gasteiger partial charge < -0.3 is 4.90 Å². The third-order valence-electron chi connectivity index (χ3n) is 1.91. The summed E-state index contributed by atoms with van der Waals surface area (Å²) < 4.78 is 0. The third-order valence-corrected chi connectivity index (χ3v) is 1.91. The molecule has 0 N–H and O–H groups in total. The van der Waals surface area contributed by atoms with E-state index in [0.29, 0.717) is 0 Å². The molecular formula is C11H17N. The van der Waals surface area contributed by atoms with Gasteiger partial charge in [0, 0.05) is 6.54 Å². The quantitative estimate of drug-likeness (QED) is 0.617. The summed E-state index contributed by atoms with van der Waals surface area (Å²) in [6.07, 6.45) is 9.01. The highest BCUT2D eigenvalue weighted by Gasteiger charge is 2.02. The lowest BCUT2D eigenvalue weighted by molar-refractivity contribution is 0.448. The molecule has 0 aromatic carbocycles. The van der Waals surface area contributed by atoms with E-state index in [1.165, 1.54) is 17.6 Å². The smallest absolute Gasteiger partial charge is 0.0227 e. The van der Waals surface area contributed by atoms with Gasteiger partial charge in [-0.15, -0.1) is 0 Å². The van der Waals surface area contributed by atoms with Gasteiger partial charge >= 0.3 is 0 Å². The van der Waals surface area contributed by atoms with Crippen molar-refractivity contribution in [3.63, 3.8) is 0 Å². The second-order valence-corrected chi connectivity index (χ2v) is 3.48. The Morgan fingerprint density at radius 2 is 2.25 bits per heavy atom. The molecule has 1 nitrogen and oxygen atoms in total. The molecule has 0 saturated carbocycles. The van der Waals surface area contributed by atoms with E-state index >= 15 is 0 Å². The molecule has 1 heteroatoms. The molecule has 1 aliphatic carbocycles. The van der Waals surface area contributed by atoms with Gasteiger partial charge in [-0.2, -0.15) is 0 Å². The first kappa shape index (κ1) is 9.27. The summed E-state index contributed by atoms with van der Waals surface area (Å²) in [6.45, 7) is 5.01. The number of likely N-dealkylation sites (N-methyl/N-ethyl adjacent to an activating group) is 1. The molecule has 0 radical (unpaired) electrons. The summed E-state index contributed by atoms with van der Waals surface area (Å²) in [5, 5.41) is 0. The first-order chi connectivity index (χ1) is 5.70. The lowest BCUT2D eigenvalue weighted by Crippen LogP contribution is -2.15. The highest BCUT2D eigenvalue weighted by atomic mass is 15.0. The predicted octanol–water partition coefficient (Wildman–Crippen LogP) is 2.38. The molecule has 1 rings (SSSR count). The summed E-state index contributed by atoms with van der Waals surface area (Å²) in [6, 6.07) is 0. The fourth-order valence-corrected chi connectivity index (χ4v) is 1.35. The van der Waals surface area contributed by atoms with Crippen LogP contribution in [0.1, 0.15) is 12.8 Å². The summed E-state index contributed by atoms with van der Waals surface area (Å²) in [4.78, 5) is 2.14. The van der Waals surface area contributed by atoms with Crippen molar-refractivity contribution in [2.24, 2.45) is 0 Å². The highest BCUT2D eigenvalue weighted by Crippen LogP contribution is 2.16. The van der Waals surface area contributed by atoms with Crippen LogP contribution in [0.4, 0.5) is 0 Å². The Kier molecular flexibility index (Phi) is 3.30. The molecule has 0 bridgehead atoms. The van der Waals surface area contributed by atoms with Crippen LogP contribution in [0.3, 0.4) is 0 Å². The molecule has 0 aliphatic heterocycles. The third kappa shape index (κ3) is 2.67. The van der Waals surface area contributed by atoms with Gasteiger partial charge in [-0.3, -0.25) is 0 Å². The largest absolute Gasteiger partial charge is 0.305 e. The van der Waals surface area contributed by atoms with Crippen molar-refractivity contribution in [2.45, 2.75) is 12.8 Å². The molecule has 12 heavy (non-hydrogen) atoms. The molecule has 0 aromatic heterocycles. The first-order valence-electron chi connectivity index (χ1n) is 4.39.